The molecular formula is C22H25ClN4O3. The first kappa shape index (κ1) is 20.5. The number of anilines is 2. The Morgan fingerprint density at radius 3 is 2.63 bits per heavy atom. The van der Waals surface area contributed by atoms with E-state index in [1.54, 1.807) is 43.1 Å². The summed E-state index contributed by atoms with van der Waals surface area (Å²) >= 11 is 6.13. The van der Waals surface area contributed by atoms with Crippen molar-refractivity contribution in [3.63, 3.8) is 0 Å². The molecular weight excluding hydrogens is 404 g/mol. The zero-order chi connectivity index (χ0) is 21.3. The van der Waals surface area contributed by atoms with Crippen molar-refractivity contribution in [3.8, 4) is 5.75 Å². The largest absolute Gasteiger partial charge is 0.476 e. The molecule has 0 aliphatic carbocycles. The molecule has 2 aliphatic rings. The Kier molecular flexibility index (Phi) is 5.56. The lowest BCUT2D eigenvalue weighted by Gasteiger charge is -2.39. The maximum atomic E-state index is 12.9. The fraction of sp³-hybridized carbons (Fsp3) is 0.409. The highest BCUT2D eigenvalue weighted by atomic mass is 35.5. The topological polar surface area (TPSA) is 66.0 Å². The summed E-state index contributed by atoms with van der Waals surface area (Å²) in [5, 5.41) is 0.520. The molecule has 2 aromatic rings. The van der Waals surface area contributed by atoms with Crippen LogP contribution >= 0.6 is 11.6 Å². The van der Waals surface area contributed by atoms with Gasteiger partial charge in [0.15, 0.2) is 5.60 Å². The van der Waals surface area contributed by atoms with Gasteiger partial charge in [0, 0.05) is 50.4 Å². The first-order valence-corrected chi connectivity index (χ1v) is 10.5. The maximum Gasteiger partial charge on any atom is 0.270 e. The van der Waals surface area contributed by atoms with Crippen LogP contribution in [-0.4, -0.2) is 60.0 Å². The highest BCUT2D eigenvalue weighted by molar-refractivity contribution is 6.31. The minimum absolute atomic E-state index is 0.0383. The number of rotatable bonds is 4. The minimum Gasteiger partial charge on any atom is -0.476 e. The molecule has 0 unspecified atom stereocenters. The van der Waals surface area contributed by atoms with E-state index in [4.69, 9.17) is 16.3 Å². The molecule has 1 aromatic heterocycles. The van der Waals surface area contributed by atoms with E-state index in [1.165, 1.54) is 0 Å². The van der Waals surface area contributed by atoms with Crippen molar-refractivity contribution in [3.05, 3.63) is 47.6 Å². The van der Waals surface area contributed by atoms with E-state index >= 15 is 0 Å². The second kappa shape index (κ2) is 8.14. The molecule has 0 radical (unpaired) electrons. The number of ether oxygens (including phenoxy) is 1. The van der Waals surface area contributed by atoms with Gasteiger partial charge in [0.25, 0.3) is 5.91 Å². The van der Waals surface area contributed by atoms with Gasteiger partial charge in [-0.1, -0.05) is 17.7 Å². The monoisotopic (exact) mass is 428 g/mol. The van der Waals surface area contributed by atoms with Crippen LogP contribution < -0.4 is 14.5 Å². The predicted molar refractivity (Wildman–Crippen MR) is 116 cm³/mol. The van der Waals surface area contributed by atoms with Crippen molar-refractivity contribution < 1.29 is 14.3 Å². The van der Waals surface area contributed by atoms with E-state index in [-0.39, 0.29) is 24.8 Å². The summed E-state index contributed by atoms with van der Waals surface area (Å²) in [7, 11) is 0. The molecule has 1 aromatic carbocycles. The second-order valence-corrected chi connectivity index (χ2v) is 8.42. The molecule has 4 rings (SSSR count). The molecule has 7 nitrogen and oxygen atoms in total. The summed E-state index contributed by atoms with van der Waals surface area (Å²) in [5.41, 5.74) is -0.377. The molecule has 8 heteroatoms. The Labute approximate surface area is 181 Å². The van der Waals surface area contributed by atoms with Crippen LogP contribution in [0.15, 0.2) is 42.6 Å². The van der Waals surface area contributed by atoms with E-state index in [0.717, 1.165) is 18.9 Å². The number of aromatic nitrogens is 1. The molecule has 0 saturated carbocycles. The van der Waals surface area contributed by atoms with Crippen molar-refractivity contribution in [2.75, 3.05) is 42.5 Å². The highest BCUT2D eigenvalue weighted by Crippen LogP contribution is 2.39. The van der Waals surface area contributed by atoms with Crippen LogP contribution in [0.25, 0.3) is 0 Å². The van der Waals surface area contributed by atoms with Crippen LogP contribution in [0, 0.1) is 0 Å². The minimum atomic E-state index is -0.988. The average Bonchev–Trinajstić information content (AvgIpc) is 2.75. The first-order chi connectivity index (χ1) is 14.3. The van der Waals surface area contributed by atoms with Gasteiger partial charge in [-0.15, -0.1) is 0 Å². The number of nitrogens with zero attached hydrogens (tertiary/aromatic N) is 4. The Hall–Kier alpha value is -2.80. The third kappa shape index (κ3) is 4.07. The summed E-state index contributed by atoms with van der Waals surface area (Å²) in [5.74, 6) is 1.39. The summed E-state index contributed by atoms with van der Waals surface area (Å²) in [6.45, 7) is 6.52. The predicted octanol–water partition coefficient (Wildman–Crippen LogP) is 2.98. The summed E-state index contributed by atoms with van der Waals surface area (Å²) in [6.07, 6.45) is 2.02. The number of carbonyl (C=O) groups excluding carboxylic acids is 2. The van der Waals surface area contributed by atoms with Gasteiger partial charge in [-0.05, 0) is 44.2 Å². The Balaban J connectivity index is 1.39. The van der Waals surface area contributed by atoms with E-state index in [2.05, 4.69) is 9.88 Å². The van der Waals surface area contributed by atoms with Crippen LogP contribution in [0.3, 0.4) is 0 Å². The molecule has 0 bridgehead atoms. The molecule has 1 saturated heterocycles. The molecule has 158 valence electrons. The Morgan fingerprint density at radius 1 is 1.17 bits per heavy atom. The van der Waals surface area contributed by atoms with Crippen molar-refractivity contribution in [1.29, 1.82) is 0 Å². The van der Waals surface area contributed by atoms with Crippen LogP contribution in [0.4, 0.5) is 11.5 Å². The quantitative estimate of drug-likeness (QED) is 0.749. The van der Waals surface area contributed by atoms with E-state index < -0.39 is 5.60 Å². The third-order valence-corrected chi connectivity index (χ3v) is 5.73. The van der Waals surface area contributed by atoms with Gasteiger partial charge in [-0.25, -0.2) is 4.98 Å². The molecule has 3 heterocycles. The number of halogens is 1. The molecule has 2 amide bonds. The number of piperazine rings is 1. The molecule has 2 aliphatic heterocycles. The van der Waals surface area contributed by atoms with Gasteiger partial charge in [-0.3, -0.25) is 9.59 Å². The van der Waals surface area contributed by atoms with Gasteiger partial charge in [-0.2, -0.15) is 0 Å². The lowest BCUT2D eigenvalue weighted by atomic mass is 10.0. The van der Waals surface area contributed by atoms with Gasteiger partial charge >= 0.3 is 0 Å². The normalized spacial score (nSPS) is 18.1. The zero-order valence-electron chi connectivity index (χ0n) is 17.2. The molecule has 30 heavy (non-hydrogen) atoms. The number of pyridine rings is 1. The number of carbonyl (C=O) groups is 2. The fourth-order valence-electron chi connectivity index (χ4n) is 3.85. The van der Waals surface area contributed by atoms with Crippen molar-refractivity contribution in [1.82, 2.24) is 9.88 Å². The first-order valence-electron chi connectivity index (χ1n) is 10.1. The second-order valence-electron chi connectivity index (χ2n) is 7.99. The zero-order valence-corrected chi connectivity index (χ0v) is 17.9. The Bertz CT molecular complexity index is 943. The Morgan fingerprint density at radius 2 is 1.93 bits per heavy atom. The van der Waals surface area contributed by atoms with Crippen LogP contribution in [-0.2, 0) is 9.59 Å². The lowest BCUT2D eigenvalue weighted by Crippen LogP contribution is -2.54. The van der Waals surface area contributed by atoms with E-state index in [1.807, 2.05) is 23.1 Å². The number of fused-ring (bicyclic) bond motifs is 1. The number of hydrogen-bond donors (Lipinski definition) is 0. The fourth-order valence-corrected chi connectivity index (χ4v) is 4.02. The number of amides is 2. The van der Waals surface area contributed by atoms with Crippen LogP contribution in [0.2, 0.25) is 5.02 Å². The number of benzene rings is 1. The average molecular weight is 429 g/mol. The van der Waals surface area contributed by atoms with Gasteiger partial charge in [0.2, 0.25) is 5.91 Å². The van der Waals surface area contributed by atoms with E-state index in [0.29, 0.717) is 29.5 Å². The maximum absolute atomic E-state index is 12.9. The van der Waals surface area contributed by atoms with Crippen molar-refractivity contribution in [2.45, 2.75) is 25.9 Å². The molecule has 1 fully saturated rings. The SMILES string of the molecule is CC1(C)Oc2ccc(Cl)cc2N(CCC(=O)N2CCN(c3ccccn3)CC2)C1=O. The smallest absolute Gasteiger partial charge is 0.270 e. The lowest BCUT2D eigenvalue weighted by molar-refractivity contribution is -0.133. The molecule has 0 spiro atoms. The summed E-state index contributed by atoms with van der Waals surface area (Å²) in [6, 6.07) is 11.0. The van der Waals surface area contributed by atoms with Crippen molar-refractivity contribution in [2.24, 2.45) is 0 Å². The van der Waals surface area contributed by atoms with Crippen molar-refractivity contribution >= 4 is 34.9 Å². The summed E-state index contributed by atoms with van der Waals surface area (Å²) < 4.78 is 5.84. The van der Waals surface area contributed by atoms with Gasteiger partial charge in [0.1, 0.15) is 11.6 Å². The summed E-state index contributed by atoms with van der Waals surface area (Å²) in [4.78, 5) is 35.8. The van der Waals surface area contributed by atoms with Gasteiger partial charge in [0.05, 0.1) is 5.69 Å². The van der Waals surface area contributed by atoms with Crippen LogP contribution in [0.1, 0.15) is 20.3 Å². The highest BCUT2D eigenvalue weighted by Gasteiger charge is 2.41. The molecule has 0 atom stereocenters. The standard InChI is InChI=1S/C22H25ClN4O3/c1-22(2)21(29)27(17-15-16(23)6-7-18(17)30-22)10-8-20(28)26-13-11-25(12-14-26)19-5-3-4-9-24-19/h3-7,9,15H,8,10-14H2,1-2H3. The molecule has 0 N–H and O–H groups in total. The third-order valence-electron chi connectivity index (χ3n) is 5.49. The van der Waals surface area contributed by atoms with Gasteiger partial charge < -0.3 is 19.4 Å². The van der Waals surface area contributed by atoms with Crippen LogP contribution in [0.5, 0.6) is 5.75 Å². The number of hydrogen-bond acceptors (Lipinski definition) is 5. The van der Waals surface area contributed by atoms with E-state index in [9.17, 15) is 9.59 Å².